The highest BCUT2D eigenvalue weighted by atomic mass is 16.3. The maximum Gasteiger partial charge on any atom is 0.137 e. The minimum Gasteiger partial charge on any atom is -0.511 e. The molecule has 0 saturated heterocycles. The summed E-state index contributed by atoms with van der Waals surface area (Å²) in [5.74, 6) is 1.76. The van der Waals surface area contributed by atoms with Crippen LogP contribution in [0.2, 0.25) is 0 Å². The van der Waals surface area contributed by atoms with Gasteiger partial charge in [0, 0.05) is 17.8 Å². The fourth-order valence-corrected chi connectivity index (χ4v) is 11.4. The molecule has 0 radical (unpaired) electrons. The van der Waals surface area contributed by atoms with Crippen molar-refractivity contribution in [1.82, 2.24) is 0 Å². The van der Waals surface area contributed by atoms with Gasteiger partial charge in [-0.2, -0.15) is 5.26 Å². The highest BCUT2D eigenvalue weighted by Gasteiger charge is 2.72. The van der Waals surface area contributed by atoms with E-state index in [-0.39, 0.29) is 50.6 Å². The minimum absolute atomic E-state index is 0.0435. The molecule has 0 aromatic rings. The number of hydrogen-bond donors (Lipinski definition) is 1. The first-order valence-electron chi connectivity index (χ1n) is 14.5. The molecule has 8 atom stereocenters. The van der Waals surface area contributed by atoms with E-state index < -0.39 is 5.41 Å². The van der Waals surface area contributed by atoms with Crippen LogP contribution in [0.15, 0.2) is 23.5 Å². The van der Waals surface area contributed by atoms with E-state index in [9.17, 15) is 15.2 Å². The minimum atomic E-state index is -0.435. The second-order valence-electron chi connectivity index (χ2n) is 15.9. The lowest BCUT2D eigenvalue weighted by Gasteiger charge is -2.72. The van der Waals surface area contributed by atoms with Gasteiger partial charge in [0.05, 0.1) is 11.6 Å². The zero-order valence-electron chi connectivity index (χ0n) is 24.2. The van der Waals surface area contributed by atoms with Crippen molar-refractivity contribution in [3.05, 3.63) is 23.5 Å². The quantitative estimate of drug-likeness (QED) is 0.374. The monoisotopic (exact) mass is 491 g/mol. The molecule has 36 heavy (non-hydrogen) atoms. The van der Waals surface area contributed by atoms with Crippen LogP contribution in [0, 0.1) is 67.5 Å². The Balaban J connectivity index is 1.63. The zero-order chi connectivity index (χ0) is 26.7. The van der Waals surface area contributed by atoms with E-state index >= 15 is 0 Å². The molecule has 4 saturated carbocycles. The number of nitriles is 1. The summed E-state index contributed by atoms with van der Waals surface area (Å²) in [5, 5.41) is 21.0. The molecule has 1 N–H and O–H groups in total. The molecular weight excluding hydrogens is 442 g/mol. The number of carbonyl (C=O) groups is 1. The molecular formula is C33H49NO2. The van der Waals surface area contributed by atoms with E-state index in [1.54, 1.807) is 0 Å². The van der Waals surface area contributed by atoms with E-state index in [4.69, 9.17) is 0 Å². The third-order valence-corrected chi connectivity index (χ3v) is 13.6. The average molecular weight is 492 g/mol. The van der Waals surface area contributed by atoms with Crippen molar-refractivity contribution < 1.29 is 9.90 Å². The summed E-state index contributed by atoms with van der Waals surface area (Å²) in [6.45, 7) is 23.1. The fraction of sp³-hybridized carbons (Fsp3) is 0.818. The lowest BCUT2D eigenvalue weighted by Crippen LogP contribution is -2.68. The van der Waals surface area contributed by atoms with Crippen LogP contribution in [0.5, 0.6) is 0 Å². The topological polar surface area (TPSA) is 61.1 Å². The van der Waals surface area contributed by atoms with E-state index in [2.05, 4.69) is 68.0 Å². The Bertz CT molecular complexity index is 1090. The predicted octanol–water partition coefficient (Wildman–Crippen LogP) is 8.57. The predicted molar refractivity (Wildman–Crippen MR) is 145 cm³/mol. The van der Waals surface area contributed by atoms with Crippen LogP contribution >= 0.6 is 0 Å². The normalized spacial score (nSPS) is 49.1. The first kappa shape index (κ1) is 26.1. The molecule has 4 fully saturated rings. The SMILES string of the molecule is C=C(C)[C@]12CCC(C)(C)C[C@H]1[C@H]1C(=O)C[C@@H]3[C@@]4(C)CC(C#N)=C(O)C(C)(C)[C@@H]4CC[C@@]3(C)[C@]1(C)CC2. The lowest BCUT2D eigenvalue weighted by atomic mass is 9.31. The van der Waals surface area contributed by atoms with Gasteiger partial charge in [-0.05, 0) is 103 Å². The summed E-state index contributed by atoms with van der Waals surface area (Å²) in [5.41, 5.74) is 1.62. The summed E-state index contributed by atoms with van der Waals surface area (Å²) >= 11 is 0. The zero-order valence-corrected chi connectivity index (χ0v) is 24.2. The molecule has 0 aromatic heterocycles. The van der Waals surface area contributed by atoms with Crippen LogP contribution in [0.25, 0.3) is 0 Å². The van der Waals surface area contributed by atoms with Gasteiger partial charge in [-0.15, -0.1) is 0 Å². The number of hydrogen-bond acceptors (Lipinski definition) is 3. The maximum atomic E-state index is 14.5. The number of nitrogens with zero attached hydrogens (tertiary/aromatic N) is 1. The van der Waals surface area contributed by atoms with Crippen LogP contribution in [0.3, 0.4) is 0 Å². The van der Waals surface area contributed by atoms with Gasteiger partial charge in [-0.3, -0.25) is 4.79 Å². The average Bonchev–Trinajstić information content (AvgIpc) is 2.77. The van der Waals surface area contributed by atoms with Crippen molar-refractivity contribution >= 4 is 5.78 Å². The molecule has 5 aliphatic rings. The standard InChI is InChI=1S/C33H49NO2/c1-20(2)33-14-12-28(3,4)18-22(33)26-23(35)16-25-30(7)17-21(19-34)27(36)29(5,6)24(30)10-11-31(25,8)32(26,9)13-15-33/h22,24-26,36H,1,10-18H2,2-9H3/t22-,24-,25+,26-,30-,31+,32+,33+/m0/s1. The summed E-state index contributed by atoms with van der Waals surface area (Å²) in [6, 6.07) is 2.35. The molecule has 0 spiro atoms. The number of aliphatic hydroxyl groups excluding tert-OH is 1. The van der Waals surface area contributed by atoms with Gasteiger partial charge in [0.1, 0.15) is 11.5 Å². The first-order chi connectivity index (χ1) is 16.5. The van der Waals surface area contributed by atoms with E-state index in [0.717, 1.165) is 32.1 Å². The van der Waals surface area contributed by atoms with Gasteiger partial charge in [-0.25, -0.2) is 0 Å². The van der Waals surface area contributed by atoms with Crippen molar-refractivity contribution in [2.24, 2.45) is 56.2 Å². The van der Waals surface area contributed by atoms with Crippen LogP contribution in [-0.4, -0.2) is 10.9 Å². The molecule has 0 amide bonds. The number of allylic oxidation sites excluding steroid dienone is 3. The number of carbonyl (C=O) groups excluding carboxylic acids is 1. The summed E-state index contributed by atoms with van der Waals surface area (Å²) < 4.78 is 0. The van der Waals surface area contributed by atoms with Gasteiger partial charge in [0.2, 0.25) is 0 Å². The molecule has 5 aliphatic carbocycles. The molecule has 5 rings (SSSR count). The van der Waals surface area contributed by atoms with Crippen molar-refractivity contribution in [3.63, 3.8) is 0 Å². The maximum absolute atomic E-state index is 14.5. The second-order valence-corrected chi connectivity index (χ2v) is 15.9. The summed E-state index contributed by atoms with van der Waals surface area (Å²) in [7, 11) is 0. The molecule has 0 aromatic carbocycles. The third-order valence-electron chi connectivity index (χ3n) is 13.6. The first-order valence-corrected chi connectivity index (χ1v) is 14.5. The molecule has 0 aliphatic heterocycles. The number of aliphatic hydroxyl groups is 1. The fourth-order valence-electron chi connectivity index (χ4n) is 11.4. The third kappa shape index (κ3) is 3.00. The van der Waals surface area contributed by atoms with Crippen molar-refractivity contribution in [1.29, 1.82) is 5.26 Å². The van der Waals surface area contributed by atoms with Crippen LogP contribution in [0.4, 0.5) is 0 Å². The molecule has 0 bridgehead atoms. The van der Waals surface area contributed by atoms with Crippen LogP contribution in [0.1, 0.15) is 113 Å². The molecule has 0 heterocycles. The van der Waals surface area contributed by atoms with Crippen molar-refractivity contribution in [2.45, 2.75) is 113 Å². The molecule has 3 nitrogen and oxygen atoms in total. The highest BCUT2D eigenvalue weighted by molar-refractivity contribution is 5.84. The Labute approximate surface area is 219 Å². The van der Waals surface area contributed by atoms with E-state index in [0.29, 0.717) is 30.1 Å². The molecule has 198 valence electrons. The van der Waals surface area contributed by atoms with E-state index in [1.807, 2.05) is 0 Å². The largest absolute Gasteiger partial charge is 0.511 e. The van der Waals surface area contributed by atoms with Gasteiger partial charge < -0.3 is 5.11 Å². The summed E-state index contributed by atoms with van der Waals surface area (Å²) in [4.78, 5) is 14.5. The number of Topliss-reactive ketones (excluding diaryl/α,β-unsaturated/α-hetero) is 1. The van der Waals surface area contributed by atoms with Gasteiger partial charge in [-0.1, -0.05) is 60.6 Å². The number of fused-ring (bicyclic) bond motifs is 7. The smallest absolute Gasteiger partial charge is 0.137 e. The van der Waals surface area contributed by atoms with Crippen LogP contribution < -0.4 is 0 Å². The Morgan fingerprint density at radius 1 is 0.972 bits per heavy atom. The van der Waals surface area contributed by atoms with Gasteiger partial charge in [0.25, 0.3) is 0 Å². The van der Waals surface area contributed by atoms with Crippen molar-refractivity contribution in [3.8, 4) is 6.07 Å². The van der Waals surface area contributed by atoms with Gasteiger partial charge in [0.15, 0.2) is 0 Å². The molecule has 0 unspecified atom stereocenters. The number of rotatable bonds is 1. The number of ketones is 1. The molecule has 3 heteroatoms. The Morgan fingerprint density at radius 3 is 2.22 bits per heavy atom. The van der Waals surface area contributed by atoms with Crippen LogP contribution in [-0.2, 0) is 4.79 Å². The van der Waals surface area contributed by atoms with E-state index in [1.165, 1.54) is 18.4 Å². The van der Waals surface area contributed by atoms with Gasteiger partial charge >= 0.3 is 0 Å². The highest BCUT2D eigenvalue weighted by Crippen LogP contribution is 2.77. The second kappa shape index (κ2) is 7.51. The Morgan fingerprint density at radius 2 is 1.61 bits per heavy atom. The lowest BCUT2D eigenvalue weighted by molar-refractivity contribution is -0.227. The summed E-state index contributed by atoms with van der Waals surface area (Å²) in [6.07, 6.45) is 9.14. The Hall–Kier alpha value is -1.56. The Kier molecular flexibility index (Phi) is 5.44. The van der Waals surface area contributed by atoms with Crippen molar-refractivity contribution in [2.75, 3.05) is 0 Å².